The van der Waals surface area contributed by atoms with E-state index in [4.69, 9.17) is 5.73 Å². The number of likely N-dealkylation sites (N-methyl/N-ethyl adjacent to an activating group) is 1. The van der Waals surface area contributed by atoms with Crippen molar-refractivity contribution in [3.8, 4) is 0 Å². The van der Waals surface area contributed by atoms with E-state index in [0.717, 1.165) is 19.4 Å². The van der Waals surface area contributed by atoms with Gasteiger partial charge in [0.05, 0.1) is 6.10 Å². The number of amides is 1. The number of aliphatic hydroxyl groups is 1. The zero-order chi connectivity index (χ0) is 13.7. The van der Waals surface area contributed by atoms with Crippen molar-refractivity contribution in [2.75, 3.05) is 27.2 Å². The molecule has 0 radical (unpaired) electrons. The Hall–Kier alpha value is -0.650. The molecule has 0 aromatic carbocycles. The smallest absolute Gasteiger partial charge is 0.224 e. The average Bonchev–Trinajstić information content (AvgIpc) is 2.58. The highest BCUT2D eigenvalue weighted by molar-refractivity contribution is 5.77. The molecule has 1 saturated heterocycles. The minimum Gasteiger partial charge on any atom is -0.391 e. The third kappa shape index (κ3) is 4.55. The van der Waals surface area contributed by atoms with E-state index in [1.54, 1.807) is 4.90 Å². The summed E-state index contributed by atoms with van der Waals surface area (Å²) in [6, 6.07) is 0.0663. The molecule has 1 heterocycles. The lowest BCUT2D eigenvalue weighted by molar-refractivity contribution is -0.132. The summed E-state index contributed by atoms with van der Waals surface area (Å²) in [7, 11) is 3.96. The molecule has 0 saturated carbocycles. The first-order valence-electron chi connectivity index (χ1n) is 6.81. The third-order valence-electron chi connectivity index (χ3n) is 3.38. The fourth-order valence-corrected chi connectivity index (χ4v) is 2.61. The summed E-state index contributed by atoms with van der Waals surface area (Å²) in [5.74, 6) is 0.0827. The largest absolute Gasteiger partial charge is 0.391 e. The van der Waals surface area contributed by atoms with Gasteiger partial charge in [0.1, 0.15) is 0 Å². The first kappa shape index (κ1) is 15.4. The van der Waals surface area contributed by atoms with Gasteiger partial charge >= 0.3 is 0 Å². The Morgan fingerprint density at radius 2 is 2.22 bits per heavy atom. The van der Waals surface area contributed by atoms with Crippen molar-refractivity contribution >= 4 is 5.91 Å². The topological polar surface area (TPSA) is 69.8 Å². The molecule has 0 aromatic rings. The molecule has 3 atom stereocenters. The quantitative estimate of drug-likeness (QED) is 0.704. The van der Waals surface area contributed by atoms with Gasteiger partial charge in [-0.05, 0) is 26.9 Å². The monoisotopic (exact) mass is 257 g/mol. The molecule has 18 heavy (non-hydrogen) atoms. The van der Waals surface area contributed by atoms with Gasteiger partial charge in [-0.25, -0.2) is 0 Å². The third-order valence-corrected chi connectivity index (χ3v) is 3.38. The summed E-state index contributed by atoms with van der Waals surface area (Å²) in [5.41, 5.74) is 5.91. The van der Waals surface area contributed by atoms with Crippen molar-refractivity contribution in [2.45, 2.75) is 50.8 Å². The number of rotatable bonds is 6. The van der Waals surface area contributed by atoms with Crippen molar-refractivity contribution in [3.63, 3.8) is 0 Å². The van der Waals surface area contributed by atoms with Crippen LogP contribution in [0.15, 0.2) is 0 Å². The first-order valence-corrected chi connectivity index (χ1v) is 6.81. The normalized spacial score (nSPS) is 25.8. The summed E-state index contributed by atoms with van der Waals surface area (Å²) in [5, 5.41) is 9.73. The van der Waals surface area contributed by atoms with Gasteiger partial charge in [-0.2, -0.15) is 0 Å². The van der Waals surface area contributed by atoms with Crippen LogP contribution in [-0.2, 0) is 4.79 Å². The lowest BCUT2D eigenvalue weighted by Crippen LogP contribution is -2.43. The Labute approximate surface area is 110 Å². The predicted molar refractivity (Wildman–Crippen MR) is 72.2 cm³/mol. The number of hydrogen-bond acceptors (Lipinski definition) is 4. The Morgan fingerprint density at radius 1 is 1.56 bits per heavy atom. The summed E-state index contributed by atoms with van der Waals surface area (Å²) in [6.07, 6.45) is 2.55. The maximum Gasteiger partial charge on any atom is 0.224 e. The van der Waals surface area contributed by atoms with Gasteiger partial charge in [-0.3, -0.25) is 4.79 Å². The Bertz CT molecular complexity index is 271. The highest BCUT2D eigenvalue weighted by atomic mass is 16.3. The number of carbonyl (C=O) groups excluding carboxylic acids is 1. The van der Waals surface area contributed by atoms with E-state index < -0.39 is 0 Å². The van der Waals surface area contributed by atoms with Crippen molar-refractivity contribution < 1.29 is 9.90 Å². The Balaban J connectivity index is 2.53. The van der Waals surface area contributed by atoms with Gasteiger partial charge < -0.3 is 20.6 Å². The molecule has 1 aliphatic rings. The van der Waals surface area contributed by atoms with Gasteiger partial charge in [0.2, 0.25) is 5.91 Å². The van der Waals surface area contributed by atoms with Gasteiger partial charge in [0.25, 0.3) is 0 Å². The van der Waals surface area contributed by atoms with E-state index in [-0.39, 0.29) is 24.1 Å². The van der Waals surface area contributed by atoms with Gasteiger partial charge in [-0.1, -0.05) is 13.3 Å². The standard InChI is InChI=1S/C13H27N3O2/c1-4-5-10(14)6-13(18)16-9-12(17)7-11(16)8-15(2)3/h10-12,17H,4-9,14H2,1-3H3. The lowest BCUT2D eigenvalue weighted by Gasteiger charge is -2.27. The van der Waals surface area contributed by atoms with Crippen LogP contribution in [0, 0.1) is 0 Å². The summed E-state index contributed by atoms with van der Waals surface area (Å²) in [6.45, 7) is 3.32. The van der Waals surface area contributed by atoms with E-state index in [0.29, 0.717) is 19.4 Å². The van der Waals surface area contributed by atoms with Crippen LogP contribution in [0.3, 0.4) is 0 Å². The van der Waals surface area contributed by atoms with Gasteiger partial charge in [0, 0.05) is 31.6 Å². The predicted octanol–water partition coefficient (Wildman–Crippen LogP) is 0.0273. The van der Waals surface area contributed by atoms with Gasteiger partial charge in [0.15, 0.2) is 0 Å². The molecule has 3 N–H and O–H groups in total. The van der Waals surface area contributed by atoms with Gasteiger partial charge in [-0.15, -0.1) is 0 Å². The molecule has 1 rings (SSSR count). The summed E-state index contributed by atoms with van der Waals surface area (Å²) < 4.78 is 0. The molecular weight excluding hydrogens is 230 g/mol. The fourth-order valence-electron chi connectivity index (χ4n) is 2.61. The number of nitrogens with zero attached hydrogens (tertiary/aromatic N) is 2. The molecule has 5 heteroatoms. The summed E-state index contributed by atoms with van der Waals surface area (Å²) in [4.78, 5) is 16.0. The molecule has 0 aliphatic carbocycles. The number of nitrogens with two attached hydrogens (primary N) is 1. The molecule has 1 aliphatic heterocycles. The van der Waals surface area contributed by atoms with Crippen molar-refractivity contribution in [1.29, 1.82) is 0 Å². The maximum atomic E-state index is 12.2. The average molecular weight is 257 g/mol. The van der Waals surface area contributed by atoms with E-state index in [2.05, 4.69) is 11.8 Å². The number of likely N-dealkylation sites (tertiary alicyclic amines) is 1. The second-order valence-electron chi connectivity index (χ2n) is 5.60. The summed E-state index contributed by atoms with van der Waals surface area (Å²) >= 11 is 0. The van der Waals surface area contributed by atoms with Crippen LogP contribution < -0.4 is 5.73 Å². The first-order chi connectivity index (χ1) is 8.43. The highest BCUT2D eigenvalue weighted by Crippen LogP contribution is 2.20. The lowest BCUT2D eigenvalue weighted by atomic mass is 10.1. The minimum atomic E-state index is -0.388. The van der Waals surface area contributed by atoms with Crippen molar-refractivity contribution in [3.05, 3.63) is 0 Å². The molecule has 1 fully saturated rings. The van der Waals surface area contributed by atoms with E-state index >= 15 is 0 Å². The van der Waals surface area contributed by atoms with Crippen LogP contribution in [0.5, 0.6) is 0 Å². The Kier molecular flexibility index (Phi) is 6.05. The van der Waals surface area contributed by atoms with Crippen LogP contribution in [0.4, 0.5) is 0 Å². The van der Waals surface area contributed by atoms with Crippen LogP contribution in [0.1, 0.15) is 32.6 Å². The molecule has 0 aromatic heterocycles. The molecule has 3 unspecified atom stereocenters. The van der Waals surface area contributed by atoms with Crippen LogP contribution in [-0.4, -0.2) is 66.2 Å². The number of aliphatic hydroxyl groups excluding tert-OH is 1. The van der Waals surface area contributed by atoms with E-state index in [1.165, 1.54) is 0 Å². The molecular formula is C13H27N3O2. The molecule has 106 valence electrons. The zero-order valence-electron chi connectivity index (χ0n) is 11.8. The molecule has 0 spiro atoms. The number of hydrogen-bond donors (Lipinski definition) is 2. The second-order valence-corrected chi connectivity index (χ2v) is 5.60. The Morgan fingerprint density at radius 3 is 2.78 bits per heavy atom. The van der Waals surface area contributed by atoms with Crippen molar-refractivity contribution in [1.82, 2.24) is 9.80 Å². The maximum absolute atomic E-state index is 12.2. The second kappa shape index (κ2) is 7.07. The molecule has 0 bridgehead atoms. The van der Waals surface area contributed by atoms with E-state index in [1.807, 2.05) is 14.1 Å². The fraction of sp³-hybridized carbons (Fsp3) is 0.923. The molecule has 5 nitrogen and oxygen atoms in total. The SMILES string of the molecule is CCCC(N)CC(=O)N1CC(O)CC1CN(C)C. The van der Waals surface area contributed by atoms with Crippen molar-refractivity contribution in [2.24, 2.45) is 5.73 Å². The highest BCUT2D eigenvalue weighted by Gasteiger charge is 2.34. The number of carbonyl (C=O) groups is 1. The minimum absolute atomic E-state index is 0.0553. The van der Waals surface area contributed by atoms with E-state index in [9.17, 15) is 9.90 Å². The molecule has 1 amide bonds. The zero-order valence-corrected chi connectivity index (χ0v) is 11.8. The van der Waals surface area contributed by atoms with Crippen LogP contribution >= 0.6 is 0 Å². The van der Waals surface area contributed by atoms with Crippen LogP contribution in [0.25, 0.3) is 0 Å². The number of β-amino-alcohol motifs (C(OH)–C–C–N with tert-alkyl or cyclic N) is 1. The van der Waals surface area contributed by atoms with Crippen LogP contribution in [0.2, 0.25) is 0 Å².